The van der Waals surface area contributed by atoms with Crippen molar-refractivity contribution in [3.05, 3.63) is 52.8 Å². The molecule has 1 atom stereocenters. The van der Waals surface area contributed by atoms with E-state index in [9.17, 15) is 9.90 Å². The van der Waals surface area contributed by atoms with Crippen molar-refractivity contribution in [1.29, 1.82) is 0 Å². The zero-order chi connectivity index (χ0) is 18.8. The zero-order valence-corrected chi connectivity index (χ0v) is 15.7. The van der Waals surface area contributed by atoms with E-state index in [4.69, 9.17) is 11.6 Å². The number of benzene rings is 1. The van der Waals surface area contributed by atoms with Crippen molar-refractivity contribution >= 4 is 28.9 Å². The highest BCUT2D eigenvalue weighted by atomic mass is 35.5. The van der Waals surface area contributed by atoms with E-state index < -0.39 is 5.97 Å². The Bertz CT molecular complexity index is 838. The first-order chi connectivity index (χ1) is 13.1. The van der Waals surface area contributed by atoms with Crippen molar-refractivity contribution in [3.8, 4) is 0 Å². The van der Waals surface area contributed by atoms with Crippen LogP contribution in [0.25, 0.3) is 0 Å². The lowest BCUT2D eigenvalue weighted by atomic mass is 10.0. The number of halogens is 1. The van der Waals surface area contributed by atoms with Crippen LogP contribution in [0.2, 0.25) is 5.02 Å². The number of carbonyl (C=O) groups is 1. The predicted octanol–water partition coefficient (Wildman–Crippen LogP) is 4.45. The molecular weight excluding hydrogens is 364 g/mol. The number of fused-ring (bicyclic) bond motifs is 1. The van der Waals surface area contributed by atoms with Gasteiger partial charge in [0.2, 0.25) is 0 Å². The third kappa shape index (κ3) is 3.87. The molecule has 1 saturated carbocycles. The average molecular weight is 387 g/mol. The number of nitrogens with zero attached hydrogens (tertiary/aromatic N) is 2. The summed E-state index contributed by atoms with van der Waals surface area (Å²) in [5.74, 6) is -0.186. The van der Waals surface area contributed by atoms with Crippen LogP contribution in [0.3, 0.4) is 0 Å². The highest BCUT2D eigenvalue weighted by Crippen LogP contribution is 2.37. The monoisotopic (exact) mass is 386 g/mol. The second kappa shape index (κ2) is 7.74. The van der Waals surface area contributed by atoms with Crippen LogP contribution in [0.4, 0.5) is 11.4 Å². The van der Waals surface area contributed by atoms with E-state index in [1.807, 2.05) is 18.2 Å². The summed E-state index contributed by atoms with van der Waals surface area (Å²) in [5, 5.41) is 15.5. The summed E-state index contributed by atoms with van der Waals surface area (Å²) < 4.78 is 0. The van der Waals surface area contributed by atoms with E-state index in [0.29, 0.717) is 10.7 Å². The molecule has 1 fully saturated rings. The Kier molecular flexibility index (Phi) is 5.18. The van der Waals surface area contributed by atoms with Gasteiger partial charge in [-0.1, -0.05) is 37.3 Å². The third-order valence-corrected chi connectivity index (χ3v) is 5.70. The van der Waals surface area contributed by atoms with Crippen LogP contribution in [0.15, 0.2) is 36.7 Å². The molecule has 2 aliphatic rings. The van der Waals surface area contributed by atoms with Crippen molar-refractivity contribution in [2.45, 2.75) is 38.3 Å². The SMILES string of the molecule is O=C(O)c1ccncc1NC1NN(CCC2CCCC2)c2ccc(Cl)cc21. The third-order valence-electron chi connectivity index (χ3n) is 5.46. The van der Waals surface area contributed by atoms with Gasteiger partial charge in [-0.15, -0.1) is 0 Å². The number of pyridine rings is 1. The number of aromatic nitrogens is 1. The molecule has 142 valence electrons. The summed E-state index contributed by atoms with van der Waals surface area (Å²) in [6.45, 7) is 0.913. The minimum Gasteiger partial charge on any atom is -0.478 e. The minimum atomic E-state index is -0.984. The first-order valence-electron chi connectivity index (χ1n) is 9.39. The maximum absolute atomic E-state index is 11.5. The molecule has 0 bridgehead atoms. The van der Waals surface area contributed by atoms with Gasteiger partial charge in [0.1, 0.15) is 6.17 Å². The van der Waals surface area contributed by atoms with E-state index in [-0.39, 0.29) is 11.7 Å². The van der Waals surface area contributed by atoms with Crippen molar-refractivity contribution in [2.75, 3.05) is 16.9 Å². The second-order valence-electron chi connectivity index (χ2n) is 7.23. The quantitative estimate of drug-likeness (QED) is 0.680. The van der Waals surface area contributed by atoms with Gasteiger partial charge in [0, 0.05) is 23.3 Å². The summed E-state index contributed by atoms with van der Waals surface area (Å²) >= 11 is 6.22. The topological polar surface area (TPSA) is 77.5 Å². The summed E-state index contributed by atoms with van der Waals surface area (Å²) in [7, 11) is 0. The van der Waals surface area contributed by atoms with Gasteiger partial charge < -0.3 is 15.4 Å². The number of carboxylic acid groups (broad SMARTS) is 1. The van der Waals surface area contributed by atoms with Crippen molar-refractivity contribution in [2.24, 2.45) is 5.92 Å². The number of rotatable bonds is 6. The summed E-state index contributed by atoms with van der Waals surface area (Å²) in [6, 6.07) is 7.33. The van der Waals surface area contributed by atoms with Gasteiger partial charge in [0.15, 0.2) is 0 Å². The maximum Gasteiger partial charge on any atom is 0.337 e. The molecule has 1 aliphatic carbocycles. The van der Waals surface area contributed by atoms with Crippen molar-refractivity contribution in [1.82, 2.24) is 10.4 Å². The molecule has 1 aromatic heterocycles. The van der Waals surface area contributed by atoms with Crippen LogP contribution >= 0.6 is 11.6 Å². The molecule has 7 heteroatoms. The van der Waals surface area contributed by atoms with E-state index in [1.54, 1.807) is 0 Å². The van der Waals surface area contributed by atoms with Crippen LogP contribution in [0.1, 0.15) is 54.2 Å². The average Bonchev–Trinajstić information content (AvgIpc) is 3.28. The lowest BCUT2D eigenvalue weighted by Crippen LogP contribution is -2.38. The fourth-order valence-electron chi connectivity index (χ4n) is 4.05. The lowest BCUT2D eigenvalue weighted by Gasteiger charge is -2.23. The van der Waals surface area contributed by atoms with Gasteiger partial charge >= 0.3 is 5.97 Å². The van der Waals surface area contributed by atoms with E-state index in [2.05, 4.69) is 20.7 Å². The normalized spacial score (nSPS) is 19.3. The summed E-state index contributed by atoms with van der Waals surface area (Å²) in [4.78, 5) is 15.5. The van der Waals surface area contributed by atoms with E-state index in [0.717, 1.165) is 30.1 Å². The molecule has 2 aromatic rings. The van der Waals surface area contributed by atoms with Crippen LogP contribution < -0.4 is 15.8 Å². The molecular formula is C20H23ClN4O2. The lowest BCUT2D eigenvalue weighted by molar-refractivity contribution is 0.0697. The zero-order valence-electron chi connectivity index (χ0n) is 15.0. The second-order valence-corrected chi connectivity index (χ2v) is 7.66. The molecule has 3 N–H and O–H groups in total. The van der Waals surface area contributed by atoms with Gasteiger partial charge in [-0.2, -0.15) is 0 Å². The minimum absolute atomic E-state index is 0.194. The van der Waals surface area contributed by atoms with Crippen LogP contribution in [-0.2, 0) is 0 Å². The molecule has 0 spiro atoms. The van der Waals surface area contributed by atoms with Gasteiger partial charge in [0.05, 0.1) is 23.1 Å². The number of carboxylic acids is 1. The first kappa shape index (κ1) is 18.1. The Morgan fingerprint density at radius 2 is 2.15 bits per heavy atom. The number of hydrazine groups is 1. The van der Waals surface area contributed by atoms with Crippen LogP contribution in [-0.4, -0.2) is 22.6 Å². The number of nitrogens with one attached hydrogen (secondary N) is 2. The fourth-order valence-corrected chi connectivity index (χ4v) is 4.24. The Morgan fingerprint density at radius 3 is 2.93 bits per heavy atom. The summed E-state index contributed by atoms with van der Waals surface area (Å²) in [5.41, 5.74) is 6.22. The standard InChI is InChI=1S/C20H23ClN4O2/c21-14-5-6-18-16(11-14)19(23-17-12-22-9-7-15(17)20(26)27)24-25(18)10-8-13-3-1-2-4-13/h5-7,9,11-13,19,23-24H,1-4,8,10H2,(H,26,27). The Labute approximate surface area is 163 Å². The highest BCUT2D eigenvalue weighted by Gasteiger charge is 2.30. The van der Waals surface area contributed by atoms with Gasteiger partial charge in [-0.05, 0) is 36.6 Å². The Hall–Kier alpha value is -2.31. The predicted molar refractivity (Wildman–Crippen MR) is 106 cm³/mol. The maximum atomic E-state index is 11.5. The fraction of sp³-hybridized carbons (Fsp3) is 0.400. The van der Waals surface area contributed by atoms with Gasteiger partial charge in [0.25, 0.3) is 0 Å². The van der Waals surface area contributed by atoms with Crippen LogP contribution in [0, 0.1) is 5.92 Å². The van der Waals surface area contributed by atoms with Crippen molar-refractivity contribution < 1.29 is 9.90 Å². The molecule has 6 nitrogen and oxygen atoms in total. The van der Waals surface area contributed by atoms with E-state index >= 15 is 0 Å². The Morgan fingerprint density at radius 1 is 1.33 bits per heavy atom. The first-order valence-corrected chi connectivity index (χ1v) is 9.76. The molecule has 4 rings (SSSR count). The number of aromatic carboxylic acids is 1. The number of hydrogen-bond donors (Lipinski definition) is 3. The molecule has 27 heavy (non-hydrogen) atoms. The van der Waals surface area contributed by atoms with Gasteiger partial charge in [-0.3, -0.25) is 4.98 Å². The molecule has 1 aromatic carbocycles. The molecule has 0 amide bonds. The molecule has 0 radical (unpaired) electrons. The summed E-state index contributed by atoms with van der Waals surface area (Å²) in [6.07, 6.45) is 9.23. The number of hydrogen-bond acceptors (Lipinski definition) is 5. The van der Waals surface area contributed by atoms with Crippen LogP contribution in [0.5, 0.6) is 0 Å². The molecule has 2 heterocycles. The van der Waals surface area contributed by atoms with Crippen molar-refractivity contribution in [3.63, 3.8) is 0 Å². The largest absolute Gasteiger partial charge is 0.478 e. The molecule has 0 saturated heterocycles. The highest BCUT2D eigenvalue weighted by molar-refractivity contribution is 6.30. The van der Waals surface area contributed by atoms with Gasteiger partial charge in [-0.25, -0.2) is 10.2 Å². The smallest absolute Gasteiger partial charge is 0.337 e. The van der Waals surface area contributed by atoms with E-state index in [1.165, 1.54) is 44.1 Å². The Balaban J connectivity index is 1.55. The number of anilines is 2. The molecule has 1 unspecified atom stereocenters. The molecule has 1 aliphatic heterocycles.